The SMILES string of the molecule is O=[N+]([O-])c1cccc(S(=O)(=O)NCc2ccc(C(O)c3ccco3)s2)c1. The highest BCUT2D eigenvalue weighted by Gasteiger charge is 2.19. The predicted octanol–water partition coefficient (Wildman–Crippen LogP) is 2.81. The summed E-state index contributed by atoms with van der Waals surface area (Å²) in [6.45, 7) is 0.000562. The van der Waals surface area contributed by atoms with Crippen LogP contribution in [-0.4, -0.2) is 18.4 Å². The van der Waals surface area contributed by atoms with Gasteiger partial charge in [0.25, 0.3) is 5.69 Å². The Hall–Kier alpha value is -2.53. The van der Waals surface area contributed by atoms with Gasteiger partial charge in [0.1, 0.15) is 11.9 Å². The largest absolute Gasteiger partial charge is 0.466 e. The van der Waals surface area contributed by atoms with Crippen LogP contribution in [0.3, 0.4) is 0 Å². The van der Waals surface area contributed by atoms with Crippen molar-refractivity contribution in [3.63, 3.8) is 0 Å². The molecule has 3 rings (SSSR count). The molecule has 0 radical (unpaired) electrons. The monoisotopic (exact) mass is 394 g/mol. The molecule has 10 heteroatoms. The van der Waals surface area contributed by atoms with Gasteiger partial charge in [-0.1, -0.05) is 6.07 Å². The first kappa shape index (κ1) is 18.3. The summed E-state index contributed by atoms with van der Waals surface area (Å²) in [7, 11) is -3.90. The van der Waals surface area contributed by atoms with Crippen molar-refractivity contribution in [2.75, 3.05) is 0 Å². The van der Waals surface area contributed by atoms with Gasteiger partial charge in [-0.3, -0.25) is 10.1 Å². The van der Waals surface area contributed by atoms with Gasteiger partial charge in [0, 0.05) is 28.4 Å². The summed E-state index contributed by atoms with van der Waals surface area (Å²) < 4.78 is 32.2. The molecule has 1 atom stereocenters. The number of nitrogens with zero attached hydrogens (tertiary/aromatic N) is 1. The summed E-state index contributed by atoms with van der Waals surface area (Å²) in [4.78, 5) is 11.2. The van der Waals surface area contributed by atoms with E-state index in [1.165, 1.54) is 35.8 Å². The third kappa shape index (κ3) is 3.99. The third-order valence-corrected chi connectivity index (χ3v) is 6.08. The molecule has 8 nitrogen and oxygen atoms in total. The number of nitro groups is 1. The maximum Gasteiger partial charge on any atom is 0.270 e. The Kier molecular flexibility index (Phi) is 5.18. The van der Waals surface area contributed by atoms with E-state index >= 15 is 0 Å². The number of aliphatic hydroxyl groups excluding tert-OH is 1. The van der Waals surface area contributed by atoms with Crippen molar-refractivity contribution in [1.82, 2.24) is 4.72 Å². The molecule has 2 N–H and O–H groups in total. The van der Waals surface area contributed by atoms with Gasteiger partial charge >= 0.3 is 0 Å². The standard InChI is InChI=1S/C16H14N2O6S2/c19-16(14-5-2-8-24-14)15-7-6-12(25-15)10-17-26(22,23)13-4-1-3-11(9-13)18(20)21/h1-9,16-17,19H,10H2. The Morgan fingerprint density at radius 2 is 2.04 bits per heavy atom. The van der Waals surface area contributed by atoms with Crippen molar-refractivity contribution in [1.29, 1.82) is 0 Å². The highest BCUT2D eigenvalue weighted by Crippen LogP contribution is 2.29. The van der Waals surface area contributed by atoms with Crippen LogP contribution < -0.4 is 4.72 Å². The molecule has 1 aromatic carbocycles. The fourth-order valence-electron chi connectivity index (χ4n) is 2.24. The molecule has 0 aliphatic heterocycles. The van der Waals surface area contributed by atoms with Gasteiger partial charge in [0.05, 0.1) is 16.1 Å². The number of thiophene rings is 1. The molecule has 0 aliphatic rings. The lowest BCUT2D eigenvalue weighted by Gasteiger charge is -2.06. The van der Waals surface area contributed by atoms with E-state index in [0.29, 0.717) is 15.5 Å². The second-order valence-corrected chi connectivity index (χ2v) is 8.27. The van der Waals surface area contributed by atoms with Gasteiger partial charge in [-0.25, -0.2) is 13.1 Å². The molecular formula is C16H14N2O6S2. The molecule has 1 unspecified atom stereocenters. The van der Waals surface area contributed by atoms with Crippen molar-refractivity contribution >= 4 is 27.0 Å². The van der Waals surface area contributed by atoms with E-state index in [2.05, 4.69) is 4.72 Å². The second kappa shape index (κ2) is 7.38. The van der Waals surface area contributed by atoms with Crippen molar-refractivity contribution in [3.8, 4) is 0 Å². The van der Waals surface area contributed by atoms with Crippen LogP contribution in [0.25, 0.3) is 0 Å². The average Bonchev–Trinajstić information content (AvgIpc) is 3.31. The summed E-state index contributed by atoms with van der Waals surface area (Å²) >= 11 is 1.24. The zero-order valence-corrected chi connectivity index (χ0v) is 14.9. The molecule has 2 heterocycles. The van der Waals surface area contributed by atoms with E-state index in [1.807, 2.05) is 0 Å². The minimum atomic E-state index is -3.90. The molecule has 0 saturated carbocycles. The fourth-order valence-corrected chi connectivity index (χ4v) is 4.32. The number of rotatable bonds is 7. The van der Waals surface area contributed by atoms with Crippen molar-refractivity contribution < 1.29 is 22.9 Å². The molecule has 0 fully saturated rings. The van der Waals surface area contributed by atoms with E-state index in [-0.39, 0.29) is 17.1 Å². The van der Waals surface area contributed by atoms with Crippen LogP contribution in [0, 0.1) is 10.1 Å². The molecule has 0 amide bonds. The first-order chi connectivity index (χ1) is 12.4. The molecule has 3 aromatic rings. The van der Waals surface area contributed by atoms with Gasteiger partial charge in [-0.05, 0) is 30.3 Å². The summed E-state index contributed by atoms with van der Waals surface area (Å²) in [5, 5.41) is 21.0. The van der Waals surface area contributed by atoms with Gasteiger partial charge in [-0.2, -0.15) is 0 Å². The predicted molar refractivity (Wildman–Crippen MR) is 94.2 cm³/mol. The highest BCUT2D eigenvalue weighted by atomic mass is 32.2. The fraction of sp³-hybridized carbons (Fsp3) is 0.125. The van der Waals surface area contributed by atoms with E-state index in [9.17, 15) is 23.6 Å². The zero-order chi connectivity index (χ0) is 18.7. The van der Waals surface area contributed by atoms with Crippen LogP contribution in [0.5, 0.6) is 0 Å². The number of nitrogens with one attached hydrogen (secondary N) is 1. The first-order valence-corrected chi connectivity index (χ1v) is 9.71. The van der Waals surface area contributed by atoms with Gasteiger partial charge in [0.2, 0.25) is 10.0 Å². The quantitative estimate of drug-likeness (QED) is 0.469. The lowest BCUT2D eigenvalue weighted by atomic mass is 10.2. The van der Waals surface area contributed by atoms with Gasteiger partial charge in [-0.15, -0.1) is 11.3 Å². The summed E-state index contributed by atoms with van der Waals surface area (Å²) in [6.07, 6.45) is 0.539. The van der Waals surface area contributed by atoms with Gasteiger partial charge < -0.3 is 9.52 Å². The van der Waals surface area contributed by atoms with E-state index in [4.69, 9.17) is 4.42 Å². The zero-order valence-electron chi connectivity index (χ0n) is 13.2. The molecule has 0 saturated heterocycles. The van der Waals surface area contributed by atoms with Gasteiger partial charge in [0.15, 0.2) is 0 Å². The molecule has 0 spiro atoms. The Morgan fingerprint density at radius 1 is 1.23 bits per heavy atom. The summed E-state index contributed by atoms with van der Waals surface area (Å²) in [5.74, 6) is 0.399. The molecule has 2 aromatic heterocycles. The Bertz CT molecular complexity index is 1010. The molecule has 136 valence electrons. The van der Waals surface area contributed by atoms with E-state index < -0.39 is 21.1 Å². The maximum atomic E-state index is 12.3. The minimum Gasteiger partial charge on any atom is -0.466 e. The highest BCUT2D eigenvalue weighted by molar-refractivity contribution is 7.89. The Morgan fingerprint density at radius 3 is 2.73 bits per heavy atom. The van der Waals surface area contributed by atoms with Crippen molar-refractivity contribution in [2.24, 2.45) is 0 Å². The van der Waals surface area contributed by atoms with Crippen LogP contribution >= 0.6 is 11.3 Å². The second-order valence-electron chi connectivity index (χ2n) is 5.30. The minimum absolute atomic E-state index is 0.000562. The molecular weight excluding hydrogens is 380 g/mol. The number of hydrogen-bond donors (Lipinski definition) is 2. The average molecular weight is 394 g/mol. The van der Waals surface area contributed by atoms with Crippen LogP contribution in [0.4, 0.5) is 5.69 Å². The topological polar surface area (TPSA) is 123 Å². The number of nitro benzene ring substituents is 1. The maximum absolute atomic E-state index is 12.3. The number of benzene rings is 1. The molecule has 0 aliphatic carbocycles. The van der Waals surface area contributed by atoms with E-state index in [1.54, 1.807) is 24.3 Å². The van der Waals surface area contributed by atoms with Crippen molar-refractivity contribution in [2.45, 2.75) is 17.5 Å². The Balaban J connectivity index is 1.71. The van der Waals surface area contributed by atoms with Crippen LogP contribution in [0.1, 0.15) is 21.6 Å². The van der Waals surface area contributed by atoms with Crippen molar-refractivity contribution in [3.05, 3.63) is 80.4 Å². The number of non-ortho nitro benzene ring substituents is 1. The van der Waals surface area contributed by atoms with Crippen LogP contribution in [0.2, 0.25) is 0 Å². The smallest absolute Gasteiger partial charge is 0.270 e. The van der Waals surface area contributed by atoms with Crippen LogP contribution in [-0.2, 0) is 16.6 Å². The summed E-state index contributed by atoms with van der Waals surface area (Å²) in [5.41, 5.74) is -0.298. The Labute approximate surface area is 152 Å². The lowest BCUT2D eigenvalue weighted by Crippen LogP contribution is -2.22. The normalized spacial score (nSPS) is 12.8. The number of hydrogen-bond acceptors (Lipinski definition) is 7. The lowest BCUT2D eigenvalue weighted by molar-refractivity contribution is -0.385. The molecule has 0 bridgehead atoms. The first-order valence-electron chi connectivity index (χ1n) is 7.41. The number of aliphatic hydroxyl groups is 1. The summed E-state index contributed by atoms with van der Waals surface area (Å²) in [6, 6.07) is 11.5. The molecule has 26 heavy (non-hydrogen) atoms. The number of sulfonamides is 1. The number of furan rings is 1. The van der Waals surface area contributed by atoms with Crippen LogP contribution in [0.15, 0.2) is 64.1 Å². The third-order valence-electron chi connectivity index (χ3n) is 3.54. The van der Waals surface area contributed by atoms with E-state index in [0.717, 1.165) is 6.07 Å².